The molecule has 0 aliphatic carbocycles. The number of benzene rings is 2. The lowest BCUT2D eigenvalue weighted by molar-refractivity contribution is 0.203. The summed E-state index contributed by atoms with van der Waals surface area (Å²) in [5.41, 5.74) is -1.41. The zero-order valence-corrected chi connectivity index (χ0v) is 10.4. The summed E-state index contributed by atoms with van der Waals surface area (Å²) in [7, 11) is 0. The van der Waals surface area contributed by atoms with E-state index in [0.717, 1.165) is 6.07 Å². The van der Waals surface area contributed by atoms with Crippen molar-refractivity contribution < 1.29 is 27.1 Å². The molecule has 2 aromatic rings. The van der Waals surface area contributed by atoms with Gasteiger partial charge >= 0.3 is 0 Å². The standard InChI is InChI=1S/C13H6ClF5O/c14-6-3-1-2-5(4-6)13(20)7-8(15)10(17)12(19)11(18)9(7)16/h1-4,13,20H. The fourth-order valence-electron chi connectivity index (χ4n) is 1.71. The highest BCUT2D eigenvalue weighted by molar-refractivity contribution is 6.30. The summed E-state index contributed by atoms with van der Waals surface area (Å²) < 4.78 is 66.1. The molecule has 2 rings (SSSR count). The normalized spacial score (nSPS) is 12.6. The molecule has 0 aromatic heterocycles. The highest BCUT2D eigenvalue weighted by Crippen LogP contribution is 2.32. The van der Waals surface area contributed by atoms with Gasteiger partial charge in [0.25, 0.3) is 0 Å². The van der Waals surface area contributed by atoms with Crippen LogP contribution >= 0.6 is 11.6 Å². The van der Waals surface area contributed by atoms with Crippen molar-refractivity contribution in [2.24, 2.45) is 0 Å². The molecule has 2 aromatic carbocycles. The first-order valence-electron chi connectivity index (χ1n) is 5.29. The van der Waals surface area contributed by atoms with Crippen LogP contribution in [-0.2, 0) is 0 Å². The van der Waals surface area contributed by atoms with Crippen LogP contribution in [0.1, 0.15) is 17.2 Å². The van der Waals surface area contributed by atoms with Crippen LogP contribution in [0.5, 0.6) is 0 Å². The number of rotatable bonds is 2. The number of halogens is 6. The molecule has 0 bridgehead atoms. The average molecular weight is 309 g/mol. The summed E-state index contributed by atoms with van der Waals surface area (Å²) >= 11 is 5.64. The first-order chi connectivity index (χ1) is 9.34. The quantitative estimate of drug-likeness (QED) is 0.503. The molecule has 0 aliphatic heterocycles. The Morgan fingerprint density at radius 2 is 1.35 bits per heavy atom. The highest BCUT2D eigenvalue weighted by Gasteiger charge is 2.30. The predicted octanol–water partition coefficient (Wildman–Crippen LogP) is 4.12. The Labute approximate surface area is 115 Å². The molecule has 20 heavy (non-hydrogen) atoms. The number of hydrogen-bond donors (Lipinski definition) is 1. The van der Waals surface area contributed by atoms with E-state index < -0.39 is 40.8 Å². The Morgan fingerprint density at radius 3 is 1.85 bits per heavy atom. The Hall–Kier alpha value is -1.66. The second-order valence-electron chi connectivity index (χ2n) is 3.94. The van der Waals surface area contributed by atoms with Crippen molar-refractivity contribution in [1.29, 1.82) is 0 Å². The Morgan fingerprint density at radius 1 is 0.850 bits per heavy atom. The van der Waals surface area contributed by atoms with Gasteiger partial charge in [-0.1, -0.05) is 23.7 Å². The smallest absolute Gasteiger partial charge is 0.200 e. The minimum absolute atomic E-state index is 0.0966. The van der Waals surface area contributed by atoms with E-state index in [1.807, 2.05) is 0 Å². The van der Waals surface area contributed by atoms with Crippen molar-refractivity contribution in [2.75, 3.05) is 0 Å². The molecule has 0 saturated heterocycles. The lowest BCUT2D eigenvalue weighted by atomic mass is 10.00. The molecule has 1 unspecified atom stereocenters. The molecule has 0 amide bonds. The van der Waals surface area contributed by atoms with E-state index in [4.69, 9.17) is 11.6 Å². The highest BCUT2D eigenvalue weighted by atomic mass is 35.5. The number of aliphatic hydroxyl groups is 1. The van der Waals surface area contributed by atoms with Crippen molar-refractivity contribution in [3.05, 3.63) is 69.5 Å². The molecular weight excluding hydrogens is 303 g/mol. The fraction of sp³-hybridized carbons (Fsp3) is 0.0769. The van der Waals surface area contributed by atoms with Crippen LogP contribution in [-0.4, -0.2) is 5.11 Å². The van der Waals surface area contributed by atoms with Crippen LogP contribution in [0, 0.1) is 29.1 Å². The van der Waals surface area contributed by atoms with Gasteiger partial charge in [0.1, 0.15) is 6.10 Å². The zero-order chi connectivity index (χ0) is 15.0. The van der Waals surface area contributed by atoms with Gasteiger partial charge in [0.15, 0.2) is 23.3 Å². The van der Waals surface area contributed by atoms with Crippen molar-refractivity contribution >= 4 is 11.6 Å². The molecule has 1 nitrogen and oxygen atoms in total. The summed E-state index contributed by atoms with van der Waals surface area (Å²) in [4.78, 5) is 0. The van der Waals surface area contributed by atoms with E-state index in [1.54, 1.807) is 0 Å². The maximum Gasteiger partial charge on any atom is 0.200 e. The molecule has 0 fully saturated rings. The monoisotopic (exact) mass is 308 g/mol. The summed E-state index contributed by atoms with van der Waals surface area (Å²) in [5.74, 6) is -10.6. The van der Waals surface area contributed by atoms with Crippen LogP contribution < -0.4 is 0 Å². The predicted molar refractivity (Wildman–Crippen MR) is 61.7 cm³/mol. The van der Waals surface area contributed by atoms with Gasteiger partial charge in [-0.15, -0.1) is 0 Å². The maximum atomic E-state index is 13.5. The summed E-state index contributed by atoms with van der Waals surface area (Å²) in [5, 5.41) is 9.97. The Balaban J connectivity index is 2.64. The molecular formula is C13H6ClF5O. The topological polar surface area (TPSA) is 20.2 Å². The van der Waals surface area contributed by atoms with Crippen LogP contribution in [0.4, 0.5) is 22.0 Å². The molecule has 0 saturated carbocycles. The largest absolute Gasteiger partial charge is 0.383 e. The fourth-order valence-corrected chi connectivity index (χ4v) is 1.90. The van der Waals surface area contributed by atoms with Gasteiger partial charge in [-0.05, 0) is 17.7 Å². The molecule has 1 atom stereocenters. The molecule has 0 aliphatic rings. The van der Waals surface area contributed by atoms with Crippen LogP contribution in [0.25, 0.3) is 0 Å². The van der Waals surface area contributed by atoms with Crippen molar-refractivity contribution in [3.8, 4) is 0 Å². The van der Waals surface area contributed by atoms with E-state index in [1.165, 1.54) is 18.2 Å². The van der Waals surface area contributed by atoms with Crippen LogP contribution in [0.2, 0.25) is 5.02 Å². The van der Waals surface area contributed by atoms with Gasteiger partial charge in [0.05, 0.1) is 5.56 Å². The Bertz CT molecular complexity index is 645. The molecule has 0 radical (unpaired) electrons. The molecule has 1 N–H and O–H groups in total. The molecule has 0 heterocycles. The summed E-state index contributed by atoms with van der Waals surface area (Å²) in [6.45, 7) is 0. The van der Waals surface area contributed by atoms with Gasteiger partial charge in [0.2, 0.25) is 5.82 Å². The molecule has 106 valence electrons. The third-order valence-electron chi connectivity index (χ3n) is 2.68. The van der Waals surface area contributed by atoms with E-state index >= 15 is 0 Å². The lowest BCUT2D eigenvalue weighted by Gasteiger charge is -2.15. The number of hydrogen-bond acceptors (Lipinski definition) is 1. The van der Waals surface area contributed by atoms with Crippen molar-refractivity contribution in [1.82, 2.24) is 0 Å². The third-order valence-corrected chi connectivity index (χ3v) is 2.92. The van der Waals surface area contributed by atoms with Gasteiger partial charge in [-0.2, -0.15) is 0 Å². The SMILES string of the molecule is OC(c1cccc(Cl)c1)c1c(F)c(F)c(F)c(F)c1F. The molecule has 7 heteroatoms. The molecule has 0 spiro atoms. The summed E-state index contributed by atoms with van der Waals surface area (Å²) in [6.07, 6.45) is -2.03. The van der Waals surface area contributed by atoms with Gasteiger partial charge in [-0.3, -0.25) is 0 Å². The number of aliphatic hydroxyl groups excluding tert-OH is 1. The van der Waals surface area contributed by atoms with Gasteiger partial charge in [-0.25, -0.2) is 22.0 Å². The second-order valence-corrected chi connectivity index (χ2v) is 4.38. The average Bonchev–Trinajstić information content (AvgIpc) is 2.43. The first-order valence-corrected chi connectivity index (χ1v) is 5.67. The van der Waals surface area contributed by atoms with Crippen LogP contribution in [0.15, 0.2) is 24.3 Å². The first kappa shape index (κ1) is 14.7. The van der Waals surface area contributed by atoms with E-state index in [-0.39, 0.29) is 10.6 Å². The van der Waals surface area contributed by atoms with Gasteiger partial charge in [0, 0.05) is 5.02 Å². The van der Waals surface area contributed by atoms with E-state index in [2.05, 4.69) is 0 Å². The maximum absolute atomic E-state index is 13.5. The third kappa shape index (κ3) is 2.36. The summed E-state index contributed by atoms with van der Waals surface area (Å²) in [6, 6.07) is 5.20. The minimum atomic E-state index is -2.28. The minimum Gasteiger partial charge on any atom is -0.383 e. The van der Waals surface area contributed by atoms with E-state index in [0.29, 0.717) is 0 Å². The lowest BCUT2D eigenvalue weighted by Crippen LogP contribution is -2.12. The van der Waals surface area contributed by atoms with Crippen LogP contribution in [0.3, 0.4) is 0 Å². The Kier molecular flexibility index (Phi) is 3.96. The zero-order valence-electron chi connectivity index (χ0n) is 9.60. The van der Waals surface area contributed by atoms with Gasteiger partial charge < -0.3 is 5.11 Å². The van der Waals surface area contributed by atoms with Crippen molar-refractivity contribution in [3.63, 3.8) is 0 Å². The second kappa shape index (κ2) is 5.38. The van der Waals surface area contributed by atoms with E-state index in [9.17, 15) is 27.1 Å². The van der Waals surface area contributed by atoms with Crippen molar-refractivity contribution in [2.45, 2.75) is 6.10 Å².